The highest BCUT2D eigenvalue weighted by Gasteiger charge is 2.26. The first-order valence-electron chi connectivity index (χ1n) is 10.3. The lowest BCUT2D eigenvalue weighted by atomic mass is 9.97. The Labute approximate surface area is 182 Å². The van der Waals surface area contributed by atoms with Crippen molar-refractivity contribution in [1.82, 2.24) is 10.2 Å². The van der Waals surface area contributed by atoms with Gasteiger partial charge in [-0.25, -0.2) is 4.39 Å². The summed E-state index contributed by atoms with van der Waals surface area (Å²) in [5.41, 5.74) is 2.85. The van der Waals surface area contributed by atoms with Crippen LogP contribution >= 0.6 is 0 Å². The Hall–Kier alpha value is -3.47. The zero-order valence-electron chi connectivity index (χ0n) is 18.0. The van der Waals surface area contributed by atoms with Crippen LogP contribution < -0.4 is 5.32 Å². The second kappa shape index (κ2) is 10.0. The molecule has 0 heterocycles. The molecule has 0 saturated carbocycles. The zero-order chi connectivity index (χ0) is 22.4. The molecule has 2 amide bonds. The number of nitrogens with one attached hydrogen (secondary N) is 1. The Bertz CT molecular complexity index is 1030. The zero-order valence-corrected chi connectivity index (χ0v) is 18.0. The topological polar surface area (TPSA) is 49.4 Å². The van der Waals surface area contributed by atoms with E-state index in [1.165, 1.54) is 24.3 Å². The van der Waals surface area contributed by atoms with Crippen molar-refractivity contribution in [3.05, 3.63) is 95.8 Å². The molecule has 0 spiro atoms. The van der Waals surface area contributed by atoms with Gasteiger partial charge >= 0.3 is 0 Å². The number of benzene rings is 3. The van der Waals surface area contributed by atoms with Crippen LogP contribution in [0.2, 0.25) is 0 Å². The fourth-order valence-corrected chi connectivity index (χ4v) is 3.60. The fraction of sp³-hybridized carbons (Fsp3) is 0.231. The summed E-state index contributed by atoms with van der Waals surface area (Å²) in [4.78, 5) is 27.5. The number of hydrogen-bond acceptors (Lipinski definition) is 2. The van der Waals surface area contributed by atoms with Gasteiger partial charge in [-0.05, 0) is 47.4 Å². The van der Waals surface area contributed by atoms with Gasteiger partial charge < -0.3 is 10.2 Å². The lowest BCUT2D eigenvalue weighted by Crippen LogP contribution is -2.47. The van der Waals surface area contributed by atoms with Crippen molar-refractivity contribution >= 4 is 11.8 Å². The predicted octanol–water partition coefficient (Wildman–Crippen LogP) is 5.02. The van der Waals surface area contributed by atoms with Gasteiger partial charge in [0.2, 0.25) is 0 Å². The van der Waals surface area contributed by atoms with Crippen LogP contribution in [0.25, 0.3) is 11.1 Å². The molecule has 160 valence electrons. The minimum Gasteiger partial charge on any atom is -0.350 e. The van der Waals surface area contributed by atoms with Gasteiger partial charge in [0, 0.05) is 24.7 Å². The summed E-state index contributed by atoms with van der Waals surface area (Å²) in [6.45, 7) is 4.33. The highest BCUT2D eigenvalue weighted by Crippen LogP contribution is 2.25. The number of hydrogen-bond donors (Lipinski definition) is 1. The standard InChI is InChI=1S/C26H27FN2O2/c1-18(2)24(17-28-25(30)20-13-15-21(27)16-14-20)29(3)26(31)23-12-8-7-11-22(23)19-9-5-4-6-10-19/h4-16,18,24H,17H2,1-3H3,(H,28,30). The molecule has 0 aliphatic rings. The van der Waals surface area contributed by atoms with Crippen LogP contribution in [0, 0.1) is 11.7 Å². The molecule has 0 radical (unpaired) electrons. The molecule has 0 fully saturated rings. The molecule has 0 aliphatic heterocycles. The van der Waals surface area contributed by atoms with Gasteiger partial charge in [-0.2, -0.15) is 0 Å². The van der Waals surface area contributed by atoms with Crippen LogP contribution in [0.3, 0.4) is 0 Å². The average molecular weight is 419 g/mol. The van der Waals surface area contributed by atoms with E-state index in [4.69, 9.17) is 0 Å². The number of halogens is 1. The number of carbonyl (C=O) groups excluding carboxylic acids is 2. The first-order chi connectivity index (χ1) is 14.9. The maximum Gasteiger partial charge on any atom is 0.254 e. The lowest BCUT2D eigenvalue weighted by Gasteiger charge is -2.32. The molecule has 1 unspecified atom stereocenters. The molecular weight excluding hydrogens is 391 g/mol. The highest BCUT2D eigenvalue weighted by atomic mass is 19.1. The number of rotatable bonds is 7. The molecule has 31 heavy (non-hydrogen) atoms. The molecule has 3 rings (SSSR count). The van der Waals surface area contributed by atoms with Crippen molar-refractivity contribution in [3.8, 4) is 11.1 Å². The first kappa shape index (κ1) is 22.2. The molecule has 1 atom stereocenters. The molecule has 0 aliphatic carbocycles. The summed E-state index contributed by atoms with van der Waals surface area (Å²) >= 11 is 0. The van der Waals surface area contributed by atoms with Crippen LogP contribution in [0.5, 0.6) is 0 Å². The largest absolute Gasteiger partial charge is 0.350 e. The molecule has 3 aromatic carbocycles. The van der Waals surface area contributed by atoms with Crippen molar-refractivity contribution in [2.75, 3.05) is 13.6 Å². The van der Waals surface area contributed by atoms with Gasteiger partial charge in [0.25, 0.3) is 11.8 Å². The average Bonchev–Trinajstić information content (AvgIpc) is 2.79. The van der Waals surface area contributed by atoms with Gasteiger partial charge in [0.05, 0.1) is 6.04 Å². The SMILES string of the molecule is CC(C)C(CNC(=O)c1ccc(F)cc1)N(C)C(=O)c1ccccc1-c1ccccc1. The Morgan fingerprint density at radius 3 is 2.16 bits per heavy atom. The third-order valence-corrected chi connectivity index (χ3v) is 5.41. The van der Waals surface area contributed by atoms with Crippen molar-refractivity contribution in [3.63, 3.8) is 0 Å². The Kier molecular flexibility index (Phi) is 7.19. The van der Waals surface area contributed by atoms with E-state index in [9.17, 15) is 14.0 Å². The summed E-state index contributed by atoms with van der Waals surface area (Å²) in [5.74, 6) is -0.671. The van der Waals surface area contributed by atoms with Gasteiger partial charge in [-0.1, -0.05) is 62.4 Å². The van der Waals surface area contributed by atoms with Crippen LogP contribution in [-0.4, -0.2) is 36.3 Å². The monoisotopic (exact) mass is 418 g/mol. The van der Waals surface area contributed by atoms with E-state index in [0.29, 0.717) is 17.7 Å². The van der Waals surface area contributed by atoms with Gasteiger partial charge in [-0.15, -0.1) is 0 Å². The van der Waals surface area contributed by atoms with Crippen LogP contribution in [0.4, 0.5) is 4.39 Å². The maximum atomic E-state index is 13.4. The Morgan fingerprint density at radius 1 is 0.903 bits per heavy atom. The Morgan fingerprint density at radius 2 is 1.52 bits per heavy atom. The van der Waals surface area contributed by atoms with E-state index in [-0.39, 0.29) is 29.6 Å². The first-order valence-corrected chi connectivity index (χ1v) is 10.3. The minimum absolute atomic E-state index is 0.103. The molecule has 0 saturated heterocycles. The number of amides is 2. The van der Waals surface area contributed by atoms with Crippen LogP contribution in [-0.2, 0) is 0 Å². The third kappa shape index (κ3) is 5.37. The van der Waals surface area contributed by atoms with E-state index in [0.717, 1.165) is 11.1 Å². The van der Waals surface area contributed by atoms with E-state index in [2.05, 4.69) is 5.32 Å². The lowest BCUT2D eigenvalue weighted by molar-refractivity contribution is 0.0676. The van der Waals surface area contributed by atoms with Crippen molar-refractivity contribution < 1.29 is 14.0 Å². The molecular formula is C26H27FN2O2. The molecule has 5 heteroatoms. The molecule has 4 nitrogen and oxygen atoms in total. The predicted molar refractivity (Wildman–Crippen MR) is 121 cm³/mol. The van der Waals surface area contributed by atoms with E-state index in [1.807, 2.05) is 68.4 Å². The second-order valence-electron chi connectivity index (χ2n) is 7.86. The van der Waals surface area contributed by atoms with Gasteiger partial charge in [0.15, 0.2) is 0 Å². The van der Waals surface area contributed by atoms with E-state index < -0.39 is 0 Å². The maximum absolute atomic E-state index is 13.4. The smallest absolute Gasteiger partial charge is 0.254 e. The van der Waals surface area contributed by atoms with Crippen molar-refractivity contribution in [2.45, 2.75) is 19.9 Å². The highest BCUT2D eigenvalue weighted by molar-refractivity contribution is 6.01. The molecule has 3 aromatic rings. The summed E-state index contributed by atoms with van der Waals surface area (Å²) in [7, 11) is 1.76. The third-order valence-electron chi connectivity index (χ3n) is 5.41. The van der Waals surface area contributed by atoms with Gasteiger partial charge in [0.1, 0.15) is 5.82 Å². The Balaban J connectivity index is 1.77. The van der Waals surface area contributed by atoms with Crippen molar-refractivity contribution in [2.24, 2.45) is 5.92 Å². The summed E-state index contributed by atoms with van der Waals surface area (Å²) < 4.78 is 13.1. The summed E-state index contributed by atoms with van der Waals surface area (Å²) in [6, 6.07) is 22.5. The minimum atomic E-state index is -0.390. The van der Waals surface area contributed by atoms with E-state index >= 15 is 0 Å². The quantitative estimate of drug-likeness (QED) is 0.586. The number of carbonyl (C=O) groups is 2. The molecule has 0 bridgehead atoms. The normalized spacial score (nSPS) is 11.8. The molecule has 1 N–H and O–H groups in total. The van der Waals surface area contributed by atoms with Crippen LogP contribution in [0.15, 0.2) is 78.9 Å². The summed E-state index contributed by atoms with van der Waals surface area (Å²) in [5, 5.41) is 2.88. The molecule has 0 aromatic heterocycles. The van der Waals surface area contributed by atoms with Gasteiger partial charge in [-0.3, -0.25) is 9.59 Å². The second-order valence-corrected chi connectivity index (χ2v) is 7.86. The summed E-state index contributed by atoms with van der Waals surface area (Å²) in [6.07, 6.45) is 0. The fourth-order valence-electron chi connectivity index (χ4n) is 3.60. The van der Waals surface area contributed by atoms with E-state index in [1.54, 1.807) is 11.9 Å². The van der Waals surface area contributed by atoms with Crippen molar-refractivity contribution in [1.29, 1.82) is 0 Å². The number of nitrogens with zero attached hydrogens (tertiary/aromatic N) is 1. The van der Waals surface area contributed by atoms with Crippen LogP contribution in [0.1, 0.15) is 34.6 Å². The number of likely N-dealkylation sites (N-methyl/N-ethyl adjacent to an activating group) is 1.